The summed E-state index contributed by atoms with van der Waals surface area (Å²) in [6.07, 6.45) is 9.30. The maximum atomic E-state index is 12.7. The molecular weight excluding hydrogens is 226 g/mol. The van der Waals surface area contributed by atoms with Gasteiger partial charge >= 0.3 is 0 Å². The van der Waals surface area contributed by atoms with Crippen molar-refractivity contribution >= 4 is 5.91 Å². The van der Waals surface area contributed by atoms with E-state index in [2.05, 4.69) is 4.90 Å². The molecule has 102 valence electrons. The Kier molecular flexibility index (Phi) is 3.60. The molecule has 1 heterocycles. The molecule has 3 heteroatoms. The zero-order valence-corrected chi connectivity index (χ0v) is 11.2. The Morgan fingerprint density at radius 1 is 1.17 bits per heavy atom. The first-order valence-corrected chi connectivity index (χ1v) is 7.71. The summed E-state index contributed by atoms with van der Waals surface area (Å²) in [5.41, 5.74) is 0. The number of rotatable bonds is 3. The van der Waals surface area contributed by atoms with E-state index in [4.69, 9.17) is 5.11 Å². The minimum atomic E-state index is 0.213. The summed E-state index contributed by atoms with van der Waals surface area (Å²) in [5.74, 6) is 2.26. The highest BCUT2D eigenvalue weighted by molar-refractivity contribution is 5.80. The lowest BCUT2D eigenvalue weighted by molar-refractivity contribution is -0.141. The lowest BCUT2D eigenvalue weighted by Crippen LogP contribution is -2.47. The average molecular weight is 251 g/mol. The van der Waals surface area contributed by atoms with Crippen molar-refractivity contribution in [3.05, 3.63) is 0 Å². The molecule has 3 nitrogen and oxygen atoms in total. The van der Waals surface area contributed by atoms with Gasteiger partial charge in [-0.15, -0.1) is 0 Å². The number of aliphatic hydroxyl groups is 1. The zero-order valence-electron chi connectivity index (χ0n) is 11.2. The van der Waals surface area contributed by atoms with E-state index >= 15 is 0 Å². The molecule has 0 aromatic rings. The molecule has 1 saturated heterocycles. The molecule has 1 amide bonds. The van der Waals surface area contributed by atoms with Crippen LogP contribution in [0.1, 0.15) is 51.4 Å². The van der Waals surface area contributed by atoms with E-state index in [1.165, 1.54) is 25.7 Å². The number of carbonyl (C=O) groups excluding carboxylic acids is 1. The van der Waals surface area contributed by atoms with E-state index in [1.54, 1.807) is 0 Å². The molecule has 1 N–H and O–H groups in total. The van der Waals surface area contributed by atoms with E-state index < -0.39 is 0 Å². The lowest BCUT2D eigenvalue weighted by atomic mass is 9.86. The van der Waals surface area contributed by atoms with Crippen molar-refractivity contribution in [1.82, 2.24) is 4.90 Å². The van der Waals surface area contributed by atoms with Crippen molar-refractivity contribution in [1.29, 1.82) is 0 Å². The smallest absolute Gasteiger partial charge is 0.226 e. The molecule has 1 aliphatic heterocycles. The van der Waals surface area contributed by atoms with Crippen LogP contribution in [-0.2, 0) is 4.79 Å². The van der Waals surface area contributed by atoms with Gasteiger partial charge in [-0.05, 0) is 56.8 Å². The quantitative estimate of drug-likeness (QED) is 0.835. The third-order valence-corrected chi connectivity index (χ3v) is 5.43. The molecule has 2 bridgehead atoms. The van der Waals surface area contributed by atoms with E-state index in [-0.39, 0.29) is 6.61 Å². The van der Waals surface area contributed by atoms with Crippen LogP contribution in [0.2, 0.25) is 0 Å². The van der Waals surface area contributed by atoms with Gasteiger partial charge in [0, 0.05) is 25.1 Å². The Balaban J connectivity index is 1.66. The second-order valence-corrected chi connectivity index (χ2v) is 6.47. The van der Waals surface area contributed by atoms with Gasteiger partial charge in [0.15, 0.2) is 0 Å². The van der Waals surface area contributed by atoms with Gasteiger partial charge in [0.25, 0.3) is 0 Å². The summed E-state index contributed by atoms with van der Waals surface area (Å²) in [5, 5.41) is 9.15. The van der Waals surface area contributed by atoms with Crippen molar-refractivity contribution in [2.45, 2.75) is 57.4 Å². The Morgan fingerprint density at radius 2 is 2.06 bits per heavy atom. The monoisotopic (exact) mass is 251 g/mol. The van der Waals surface area contributed by atoms with Crippen LogP contribution in [0.4, 0.5) is 0 Å². The van der Waals surface area contributed by atoms with Crippen LogP contribution < -0.4 is 0 Å². The van der Waals surface area contributed by atoms with Crippen LogP contribution in [0.5, 0.6) is 0 Å². The van der Waals surface area contributed by atoms with Gasteiger partial charge in [0.2, 0.25) is 5.91 Å². The topological polar surface area (TPSA) is 40.5 Å². The third-order valence-electron chi connectivity index (χ3n) is 5.43. The Hall–Kier alpha value is -0.570. The predicted molar refractivity (Wildman–Crippen MR) is 70.0 cm³/mol. The molecule has 4 atom stereocenters. The highest BCUT2D eigenvalue weighted by Gasteiger charge is 2.45. The van der Waals surface area contributed by atoms with Crippen molar-refractivity contribution in [3.8, 4) is 0 Å². The Bertz CT molecular complexity index is 316. The molecule has 0 aromatic heterocycles. The second kappa shape index (κ2) is 5.20. The number of hydrogen-bond donors (Lipinski definition) is 1. The fourth-order valence-corrected chi connectivity index (χ4v) is 4.50. The molecule has 0 radical (unpaired) electrons. The minimum Gasteiger partial charge on any atom is -0.396 e. The third kappa shape index (κ3) is 2.18. The Labute approximate surface area is 110 Å². The van der Waals surface area contributed by atoms with Crippen LogP contribution in [0.25, 0.3) is 0 Å². The van der Waals surface area contributed by atoms with Crippen LogP contribution in [-0.4, -0.2) is 35.1 Å². The number of aliphatic hydroxyl groups excluding tert-OH is 1. The van der Waals surface area contributed by atoms with Gasteiger partial charge in [-0.3, -0.25) is 4.79 Å². The molecule has 4 unspecified atom stereocenters. The molecule has 0 spiro atoms. The second-order valence-electron chi connectivity index (χ2n) is 6.47. The van der Waals surface area contributed by atoms with E-state index in [0.29, 0.717) is 23.8 Å². The van der Waals surface area contributed by atoms with Gasteiger partial charge in [-0.25, -0.2) is 0 Å². The predicted octanol–water partition coefficient (Wildman–Crippen LogP) is 2.19. The summed E-state index contributed by atoms with van der Waals surface area (Å²) < 4.78 is 0. The number of piperidine rings is 1. The fraction of sp³-hybridized carbons (Fsp3) is 0.933. The van der Waals surface area contributed by atoms with Gasteiger partial charge in [-0.1, -0.05) is 6.42 Å². The molecule has 0 aromatic carbocycles. The van der Waals surface area contributed by atoms with Crippen LogP contribution >= 0.6 is 0 Å². The molecule has 2 saturated carbocycles. The summed E-state index contributed by atoms with van der Waals surface area (Å²) in [4.78, 5) is 14.8. The maximum absolute atomic E-state index is 12.7. The van der Waals surface area contributed by atoms with E-state index in [1.807, 2.05) is 0 Å². The van der Waals surface area contributed by atoms with Gasteiger partial charge in [0.1, 0.15) is 0 Å². The first kappa shape index (κ1) is 12.5. The van der Waals surface area contributed by atoms with E-state index in [9.17, 15) is 4.79 Å². The van der Waals surface area contributed by atoms with Crippen LogP contribution in [0.3, 0.4) is 0 Å². The summed E-state index contributed by atoms with van der Waals surface area (Å²) in [6, 6.07) is 0.315. The number of amides is 1. The van der Waals surface area contributed by atoms with Crippen molar-refractivity contribution < 1.29 is 9.90 Å². The number of nitrogens with zero attached hydrogens (tertiary/aromatic N) is 1. The molecule has 18 heavy (non-hydrogen) atoms. The summed E-state index contributed by atoms with van der Waals surface area (Å²) in [7, 11) is 0. The minimum absolute atomic E-state index is 0.213. The molecular formula is C15H25NO2. The van der Waals surface area contributed by atoms with Crippen LogP contribution in [0, 0.1) is 17.8 Å². The number of hydrogen-bond acceptors (Lipinski definition) is 2. The van der Waals surface area contributed by atoms with Crippen molar-refractivity contribution in [2.24, 2.45) is 17.8 Å². The SMILES string of the molecule is O=C(C1CC2CCC1C2)N1CCCCC1CCO. The molecule has 2 aliphatic carbocycles. The highest BCUT2D eigenvalue weighted by atomic mass is 16.3. The number of fused-ring (bicyclic) bond motifs is 2. The molecule has 3 fully saturated rings. The fourth-order valence-electron chi connectivity index (χ4n) is 4.50. The van der Waals surface area contributed by atoms with E-state index in [0.717, 1.165) is 38.1 Å². The summed E-state index contributed by atoms with van der Waals surface area (Å²) >= 11 is 0. The van der Waals surface area contributed by atoms with Crippen LogP contribution in [0.15, 0.2) is 0 Å². The lowest BCUT2D eigenvalue weighted by Gasteiger charge is -2.38. The first-order chi connectivity index (χ1) is 8.79. The van der Waals surface area contributed by atoms with Gasteiger partial charge in [-0.2, -0.15) is 0 Å². The first-order valence-electron chi connectivity index (χ1n) is 7.71. The average Bonchev–Trinajstić information content (AvgIpc) is 3.01. The summed E-state index contributed by atoms with van der Waals surface area (Å²) in [6.45, 7) is 1.14. The Morgan fingerprint density at radius 3 is 2.72 bits per heavy atom. The number of likely N-dealkylation sites (tertiary alicyclic amines) is 1. The molecule has 3 aliphatic rings. The van der Waals surface area contributed by atoms with Gasteiger partial charge < -0.3 is 10.0 Å². The molecule has 3 rings (SSSR count). The maximum Gasteiger partial charge on any atom is 0.226 e. The number of carbonyl (C=O) groups is 1. The normalized spacial score (nSPS) is 39.3. The largest absolute Gasteiger partial charge is 0.396 e. The van der Waals surface area contributed by atoms with Crippen molar-refractivity contribution in [2.75, 3.05) is 13.2 Å². The highest BCUT2D eigenvalue weighted by Crippen LogP contribution is 2.49. The van der Waals surface area contributed by atoms with Crippen molar-refractivity contribution in [3.63, 3.8) is 0 Å². The van der Waals surface area contributed by atoms with Gasteiger partial charge in [0.05, 0.1) is 0 Å². The standard InChI is InChI=1S/C15H25NO2/c17-8-6-13-3-1-2-7-16(13)15(18)14-10-11-4-5-12(14)9-11/h11-14,17H,1-10H2. The zero-order chi connectivity index (χ0) is 12.5.